The third kappa shape index (κ3) is 2.44. The predicted molar refractivity (Wildman–Crippen MR) is 91.0 cm³/mol. The molecule has 1 aliphatic rings. The second kappa shape index (κ2) is 5.48. The highest BCUT2D eigenvalue weighted by molar-refractivity contribution is 9.11. The zero-order chi connectivity index (χ0) is 16.0. The highest BCUT2D eigenvalue weighted by Crippen LogP contribution is 2.47. The van der Waals surface area contributed by atoms with Crippen molar-refractivity contribution in [1.29, 1.82) is 0 Å². The van der Waals surface area contributed by atoms with Crippen molar-refractivity contribution in [2.75, 3.05) is 5.32 Å². The molecule has 1 amide bonds. The molecule has 2 aromatic rings. The summed E-state index contributed by atoms with van der Waals surface area (Å²) in [5, 5.41) is 13.7. The quantitative estimate of drug-likeness (QED) is 0.479. The number of nitrogens with zero attached hydrogens (tertiary/aromatic N) is 1. The Kier molecular flexibility index (Phi) is 3.78. The molecule has 0 saturated carbocycles. The molecule has 0 bridgehead atoms. The number of benzene rings is 2. The van der Waals surface area contributed by atoms with Gasteiger partial charge in [-0.3, -0.25) is 14.9 Å². The molecule has 0 heterocycles. The Morgan fingerprint density at radius 1 is 1.27 bits per heavy atom. The minimum Gasteiger partial charge on any atom is -0.324 e. The maximum Gasteiger partial charge on any atom is 0.269 e. The molecule has 2 aromatic carbocycles. The first kappa shape index (κ1) is 15.2. The normalized spacial score (nSPS) is 11.8. The van der Waals surface area contributed by atoms with E-state index in [9.17, 15) is 14.9 Å². The minimum atomic E-state index is -0.392. The first-order chi connectivity index (χ1) is 10.4. The predicted octanol–water partition coefficient (Wildman–Crippen LogP) is 4.65. The number of carbonyl (C=O) groups is 1. The summed E-state index contributed by atoms with van der Waals surface area (Å²) in [6.07, 6.45) is 0.590. The smallest absolute Gasteiger partial charge is 0.269 e. The highest BCUT2D eigenvalue weighted by Gasteiger charge is 2.26. The number of fused-ring (bicyclic) bond motifs is 3. The van der Waals surface area contributed by atoms with E-state index < -0.39 is 4.92 Å². The number of nitro benzene ring substituents is 1. The van der Waals surface area contributed by atoms with Crippen LogP contribution in [-0.2, 0) is 11.2 Å². The number of amides is 1. The van der Waals surface area contributed by atoms with E-state index in [1.807, 2.05) is 6.07 Å². The van der Waals surface area contributed by atoms with Gasteiger partial charge in [0.2, 0.25) is 5.91 Å². The van der Waals surface area contributed by atoms with Crippen molar-refractivity contribution >= 4 is 49.1 Å². The first-order valence-corrected chi connectivity index (χ1v) is 8.03. The van der Waals surface area contributed by atoms with Crippen molar-refractivity contribution in [2.24, 2.45) is 0 Å². The van der Waals surface area contributed by atoms with Gasteiger partial charge < -0.3 is 5.32 Å². The fraction of sp³-hybridized carbons (Fsp3) is 0.133. The van der Waals surface area contributed by atoms with Crippen molar-refractivity contribution < 1.29 is 9.72 Å². The molecule has 3 rings (SSSR count). The van der Waals surface area contributed by atoms with E-state index in [1.165, 1.54) is 13.0 Å². The molecule has 22 heavy (non-hydrogen) atoms. The van der Waals surface area contributed by atoms with Crippen molar-refractivity contribution in [3.63, 3.8) is 0 Å². The molecule has 1 aliphatic carbocycles. The van der Waals surface area contributed by atoms with Gasteiger partial charge in [0.05, 0.1) is 10.6 Å². The number of nitro groups is 1. The molecule has 0 radical (unpaired) electrons. The molecule has 0 spiro atoms. The summed E-state index contributed by atoms with van der Waals surface area (Å²) in [4.78, 5) is 21.8. The summed E-state index contributed by atoms with van der Waals surface area (Å²) in [7, 11) is 0. The van der Waals surface area contributed by atoms with E-state index >= 15 is 0 Å². The maximum absolute atomic E-state index is 11.3. The number of non-ortho nitro benzene ring substituents is 1. The lowest BCUT2D eigenvalue weighted by atomic mass is 10.1. The summed E-state index contributed by atoms with van der Waals surface area (Å²) >= 11 is 7.01. The Bertz CT molecular complexity index is 834. The van der Waals surface area contributed by atoms with Crippen LogP contribution in [0.3, 0.4) is 0 Å². The summed E-state index contributed by atoms with van der Waals surface area (Å²) in [5.41, 5.74) is 4.69. The Hall–Kier alpha value is -1.73. The second-order valence-electron chi connectivity index (χ2n) is 5.03. The summed E-state index contributed by atoms with van der Waals surface area (Å²) in [6, 6.07) is 6.82. The fourth-order valence-electron chi connectivity index (χ4n) is 2.66. The van der Waals surface area contributed by atoms with Crippen molar-refractivity contribution in [2.45, 2.75) is 13.3 Å². The molecular formula is C15H10Br2N2O3. The molecular weight excluding hydrogens is 416 g/mol. The molecule has 0 aromatic heterocycles. The Morgan fingerprint density at radius 3 is 2.64 bits per heavy atom. The second-order valence-corrected chi connectivity index (χ2v) is 6.68. The summed E-state index contributed by atoms with van der Waals surface area (Å²) in [6.45, 7) is 1.45. The van der Waals surface area contributed by atoms with Gasteiger partial charge in [-0.2, -0.15) is 0 Å². The number of hydrogen-bond donors (Lipinski definition) is 1. The lowest BCUT2D eigenvalue weighted by Crippen LogP contribution is -2.08. The zero-order valence-corrected chi connectivity index (χ0v) is 14.6. The molecule has 0 fully saturated rings. The van der Waals surface area contributed by atoms with E-state index in [-0.39, 0.29) is 11.6 Å². The van der Waals surface area contributed by atoms with Crippen molar-refractivity contribution in [1.82, 2.24) is 0 Å². The van der Waals surface area contributed by atoms with Crippen LogP contribution in [0.4, 0.5) is 11.4 Å². The molecule has 0 atom stereocenters. The van der Waals surface area contributed by atoms with Crippen LogP contribution in [0.2, 0.25) is 0 Å². The van der Waals surface area contributed by atoms with Gasteiger partial charge in [-0.1, -0.05) is 0 Å². The van der Waals surface area contributed by atoms with Gasteiger partial charge in [0.25, 0.3) is 5.69 Å². The van der Waals surface area contributed by atoms with E-state index in [1.54, 1.807) is 12.1 Å². The van der Waals surface area contributed by atoms with Crippen LogP contribution in [0, 0.1) is 10.1 Å². The molecule has 0 saturated heterocycles. The standard InChI is InChI=1S/C15H10Br2N2O3/c1-7(20)18-15-13(16)6-11-10-3-2-9(19(21)22)4-8(10)5-12(11)14(15)17/h2-4,6H,5H2,1H3,(H,18,20). The Balaban J connectivity index is 2.14. The van der Waals surface area contributed by atoms with Crippen LogP contribution < -0.4 is 5.32 Å². The van der Waals surface area contributed by atoms with E-state index in [2.05, 4.69) is 37.2 Å². The van der Waals surface area contributed by atoms with E-state index in [0.717, 1.165) is 31.2 Å². The van der Waals surface area contributed by atoms with Crippen LogP contribution in [-0.4, -0.2) is 10.8 Å². The molecule has 0 unspecified atom stereocenters. The van der Waals surface area contributed by atoms with Crippen LogP contribution >= 0.6 is 31.9 Å². The monoisotopic (exact) mass is 424 g/mol. The third-order valence-electron chi connectivity index (χ3n) is 3.58. The number of rotatable bonds is 2. The van der Waals surface area contributed by atoms with Gasteiger partial charge in [-0.05, 0) is 66.2 Å². The van der Waals surface area contributed by atoms with Gasteiger partial charge in [0, 0.05) is 34.4 Å². The molecule has 7 heteroatoms. The van der Waals surface area contributed by atoms with E-state index in [4.69, 9.17) is 0 Å². The number of anilines is 1. The molecule has 112 valence electrons. The topological polar surface area (TPSA) is 72.2 Å². The number of hydrogen-bond acceptors (Lipinski definition) is 3. The van der Waals surface area contributed by atoms with Gasteiger partial charge in [0.15, 0.2) is 0 Å². The van der Waals surface area contributed by atoms with Gasteiger partial charge >= 0.3 is 0 Å². The average molecular weight is 426 g/mol. The summed E-state index contributed by atoms with van der Waals surface area (Å²) < 4.78 is 1.56. The minimum absolute atomic E-state index is 0.0869. The highest BCUT2D eigenvalue weighted by atomic mass is 79.9. The molecule has 0 aliphatic heterocycles. The average Bonchev–Trinajstić information content (AvgIpc) is 2.81. The van der Waals surface area contributed by atoms with Crippen LogP contribution in [0.5, 0.6) is 0 Å². The SMILES string of the molecule is CC(=O)Nc1c(Br)cc2c(c1Br)Cc1cc([N+](=O)[O-])ccc1-2. The molecule has 1 N–H and O–H groups in total. The third-order valence-corrected chi connectivity index (χ3v) is 5.08. The number of carbonyl (C=O) groups excluding carboxylic acids is 1. The number of halogens is 2. The van der Waals surface area contributed by atoms with Crippen molar-refractivity contribution in [3.05, 3.63) is 54.5 Å². The Labute approximate surface area is 143 Å². The lowest BCUT2D eigenvalue weighted by Gasteiger charge is -2.12. The first-order valence-electron chi connectivity index (χ1n) is 6.44. The molecule has 5 nitrogen and oxygen atoms in total. The zero-order valence-electron chi connectivity index (χ0n) is 11.4. The lowest BCUT2D eigenvalue weighted by molar-refractivity contribution is -0.384. The maximum atomic E-state index is 11.3. The Morgan fingerprint density at radius 2 is 2.00 bits per heavy atom. The van der Waals surface area contributed by atoms with Gasteiger partial charge in [-0.15, -0.1) is 0 Å². The van der Waals surface area contributed by atoms with Gasteiger partial charge in [-0.25, -0.2) is 0 Å². The van der Waals surface area contributed by atoms with Crippen LogP contribution in [0.1, 0.15) is 18.1 Å². The van der Waals surface area contributed by atoms with Crippen LogP contribution in [0.15, 0.2) is 33.2 Å². The van der Waals surface area contributed by atoms with Crippen LogP contribution in [0.25, 0.3) is 11.1 Å². The largest absolute Gasteiger partial charge is 0.324 e. The van der Waals surface area contributed by atoms with E-state index in [0.29, 0.717) is 12.1 Å². The summed E-state index contributed by atoms with van der Waals surface area (Å²) in [5.74, 6) is -0.160. The number of nitrogens with one attached hydrogen (secondary N) is 1. The van der Waals surface area contributed by atoms with Gasteiger partial charge in [0.1, 0.15) is 0 Å². The van der Waals surface area contributed by atoms with Crippen molar-refractivity contribution in [3.8, 4) is 11.1 Å². The fourth-order valence-corrected chi connectivity index (χ4v) is 4.12.